The van der Waals surface area contributed by atoms with Gasteiger partial charge < -0.3 is 0 Å². The van der Waals surface area contributed by atoms with E-state index in [1.807, 2.05) is 19.9 Å². The van der Waals surface area contributed by atoms with E-state index < -0.39 is 0 Å². The van der Waals surface area contributed by atoms with Gasteiger partial charge in [0, 0.05) is 22.3 Å². The molecule has 2 aromatic rings. The summed E-state index contributed by atoms with van der Waals surface area (Å²) in [5.41, 5.74) is 2.25. The smallest absolute Gasteiger partial charge is 0.276 e. The lowest BCUT2D eigenvalue weighted by Crippen LogP contribution is -2.09. The van der Waals surface area contributed by atoms with Crippen LogP contribution in [0.2, 0.25) is 0 Å². The minimum Gasteiger partial charge on any atom is -0.289 e. The molecule has 0 unspecified atom stereocenters. The molecule has 0 heterocycles. The summed E-state index contributed by atoms with van der Waals surface area (Å²) >= 11 is 0. The molecule has 0 saturated carbocycles. The Bertz CT molecular complexity index is 678. The summed E-state index contributed by atoms with van der Waals surface area (Å²) in [6.07, 6.45) is 1.03. The molecule has 0 bridgehead atoms. The largest absolute Gasteiger partial charge is 0.289 e. The summed E-state index contributed by atoms with van der Waals surface area (Å²) in [7, 11) is 0. The van der Waals surface area contributed by atoms with Crippen LogP contribution in [0.15, 0.2) is 42.5 Å². The van der Waals surface area contributed by atoms with Gasteiger partial charge in [-0.3, -0.25) is 14.9 Å². The first-order chi connectivity index (χ1) is 10.1. The molecule has 0 N–H and O–H groups in total. The number of rotatable bonds is 5. The van der Waals surface area contributed by atoms with Crippen molar-refractivity contribution >= 4 is 11.5 Å². The summed E-state index contributed by atoms with van der Waals surface area (Å²) in [5, 5.41) is 11.4. The molecule has 0 fully saturated rings. The molecule has 2 aromatic carbocycles. The van der Waals surface area contributed by atoms with E-state index in [2.05, 4.69) is 0 Å². The molecule has 2 rings (SSSR count). The Morgan fingerprint density at radius 2 is 1.71 bits per heavy atom. The second kappa shape index (κ2) is 6.31. The van der Waals surface area contributed by atoms with Crippen LogP contribution in [0.1, 0.15) is 40.9 Å². The minimum atomic E-state index is -0.376. The van der Waals surface area contributed by atoms with Crippen molar-refractivity contribution in [2.24, 2.45) is 0 Å². The summed E-state index contributed by atoms with van der Waals surface area (Å²) < 4.78 is 0. The molecule has 0 amide bonds. The van der Waals surface area contributed by atoms with Crippen molar-refractivity contribution < 1.29 is 9.72 Å². The summed E-state index contributed by atoms with van der Waals surface area (Å²) in [5.74, 6) is -0.168. The first-order valence-electron chi connectivity index (χ1n) is 6.99. The first-order valence-corrected chi connectivity index (χ1v) is 6.99. The maximum Gasteiger partial charge on any atom is 0.276 e. The topological polar surface area (TPSA) is 60.2 Å². The molecule has 21 heavy (non-hydrogen) atoms. The molecule has 0 radical (unpaired) electrons. The number of hydrogen-bond donors (Lipinski definition) is 0. The molecule has 0 aliphatic carbocycles. The number of nitrogens with zero attached hydrogens (tertiary/aromatic N) is 1. The van der Waals surface area contributed by atoms with Gasteiger partial charge in [0.2, 0.25) is 0 Å². The fourth-order valence-corrected chi connectivity index (χ4v) is 2.51. The lowest BCUT2D eigenvalue weighted by molar-refractivity contribution is -0.386. The molecule has 4 nitrogen and oxygen atoms in total. The number of nitro groups is 1. The Kier molecular flexibility index (Phi) is 4.48. The molecule has 0 atom stereocenters. The maximum absolute atomic E-state index is 12.6. The highest BCUT2D eigenvalue weighted by atomic mass is 16.6. The van der Waals surface area contributed by atoms with Crippen LogP contribution in [-0.2, 0) is 12.8 Å². The zero-order valence-corrected chi connectivity index (χ0v) is 12.1. The van der Waals surface area contributed by atoms with Gasteiger partial charge in [0.25, 0.3) is 5.69 Å². The van der Waals surface area contributed by atoms with E-state index in [1.165, 1.54) is 0 Å². The minimum absolute atomic E-state index is 0.0850. The van der Waals surface area contributed by atoms with Crippen LogP contribution in [-0.4, -0.2) is 10.7 Å². The van der Waals surface area contributed by atoms with E-state index >= 15 is 0 Å². The van der Waals surface area contributed by atoms with Crippen molar-refractivity contribution in [3.63, 3.8) is 0 Å². The van der Waals surface area contributed by atoms with E-state index in [-0.39, 0.29) is 16.4 Å². The van der Waals surface area contributed by atoms with Crippen LogP contribution in [0.5, 0.6) is 0 Å². The monoisotopic (exact) mass is 283 g/mol. The zero-order chi connectivity index (χ0) is 15.4. The van der Waals surface area contributed by atoms with Gasteiger partial charge in [-0.05, 0) is 18.9 Å². The average Bonchev–Trinajstić information content (AvgIpc) is 2.53. The number of ketones is 1. The van der Waals surface area contributed by atoms with Crippen LogP contribution in [0.3, 0.4) is 0 Å². The van der Waals surface area contributed by atoms with Crippen LogP contribution in [0.4, 0.5) is 5.69 Å². The third-order valence-corrected chi connectivity index (χ3v) is 3.56. The Labute approximate surface area is 123 Å². The van der Waals surface area contributed by atoms with Crippen LogP contribution in [0, 0.1) is 10.1 Å². The number of carbonyl (C=O) groups is 1. The summed E-state index contributed by atoms with van der Waals surface area (Å²) in [6, 6.07) is 12.2. The number of hydrogen-bond acceptors (Lipinski definition) is 3. The van der Waals surface area contributed by atoms with Gasteiger partial charge in [0.15, 0.2) is 5.78 Å². The van der Waals surface area contributed by atoms with E-state index in [9.17, 15) is 14.9 Å². The summed E-state index contributed by atoms with van der Waals surface area (Å²) in [4.78, 5) is 23.6. The standard InChI is InChI=1S/C17H17NO3/c1-3-12-10-11-15(14(4-2)16(12)18(20)21)17(19)13-8-6-5-7-9-13/h5-11H,3-4H2,1-2H3. The average molecular weight is 283 g/mol. The molecule has 0 aromatic heterocycles. The second-order valence-electron chi connectivity index (χ2n) is 4.76. The van der Waals surface area contributed by atoms with Gasteiger partial charge in [0.05, 0.1) is 4.92 Å². The van der Waals surface area contributed by atoms with E-state index in [0.29, 0.717) is 35.1 Å². The SMILES string of the molecule is CCc1ccc(C(=O)c2ccccc2)c(CC)c1[N+](=O)[O-]. The van der Waals surface area contributed by atoms with Crippen molar-refractivity contribution in [1.29, 1.82) is 0 Å². The van der Waals surface area contributed by atoms with Gasteiger partial charge >= 0.3 is 0 Å². The van der Waals surface area contributed by atoms with Crippen molar-refractivity contribution in [3.05, 3.63) is 74.8 Å². The van der Waals surface area contributed by atoms with Crippen molar-refractivity contribution in [1.82, 2.24) is 0 Å². The van der Waals surface area contributed by atoms with E-state index in [0.717, 1.165) is 0 Å². The van der Waals surface area contributed by atoms with Crippen LogP contribution in [0.25, 0.3) is 0 Å². The van der Waals surface area contributed by atoms with E-state index in [4.69, 9.17) is 0 Å². The number of carbonyl (C=O) groups excluding carboxylic acids is 1. The number of aryl methyl sites for hydroxylation is 1. The molecule has 0 saturated heterocycles. The highest BCUT2D eigenvalue weighted by molar-refractivity contribution is 6.10. The Balaban J connectivity index is 2.62. The molecular formula is C17H17NO3. The highest BCUT2D eigenvalue weighted by Gasteiger charge is 2.24. The van der Waals surface area contributed by atoms with Gasteiger partial charge in [-0.1, -0.05) is 50.2 Å². The number of benzene rings is 2. The molecule has 0 aliphatic rings. The van der Waals surface area contributed by atoms with Crippen LogP contribution < -0.4 is 0 Å². The van der Waals surface area contributed by atoms with E-state index in [1.54, 1.807) is 36.4 Å². The first kappa shape index (κ1) is 14.9. The molecular weight excluding hydrogens is 266 g/mol. The van der Waals surface area contributed by atoms with Crippen molar-refractivity contribution in [2.45, 2.75) is 26.7 Å². The fourth-order valence-electron chi connectivity index (χ4n) is 2.51. The zero-order valence-electron chi connectivity index (χ0n) is 12.1. The Morgan fingerprint density at radius 1 is 1.05 bits per heavy atom. The van der Waals surface area contributed by atoms with Gasteiger partial charge in [-0.2, -0.15) is 0 Å². The van der Waals surface area contributed by atoms with Crippen LogP contribution >= 0.6 is 0 Å². The number of nitro benzene ring substituents is 1. The highest BCUT2D eigenvalue weighted by Crippen LogP contribution is 2.29. The third-order valence-electron chi connectivity index (χ3n) is 3.56. The Morgan fingerprint density at radius 3 is 2.24 bits per heavy atom. The fraction of sp³-hybridized carbons (Fsp3) is 0.235. The second-order valence-corrected chi connectivity index (χ2v) is 4.76. The molecule has 0 aliphatic heterocycles. The van der Waals surface area contributed by atoms with Gasteiger partial charge in [-0.15, -0.1) is 0 Å². The van der Waals surface area contributed by atoms with Crippen molar-refractivity contribution in [2.75, 3.05) is 0 Å². The lowest BCUT2D eigenvalue weighted by Gasteiger charge is -2.11. The quantitative estimate of drug-likeness (QED) is 0.474. The predicted molar refractivity (Wildman–Crippen MR) is 81.7 cm³/mol. The molecule has 4 heteroatoms. The van der Waals surface area contributed by atoms with Gasteiger partial charge in [-0.25, -0.2) is 0 Å². The van der Waals surface area contributed by atoms with Gasteiger partial charge in [0.1, 0.15) is 0 Å². The normalized spacial score (nSPS) is 10.4. The molecule has 108 valence electrons. The predicted octanol–water partition coefficient (Wildman–Crippen LogP) is 3.95. The summed E-state index contributed by atoms with van der Waals surface area (Å²) in [6.45, 7) is 3.71. The molecule has 0 spiro atoms. The Hall–Kier alpha value is -2.49. The third kappa shape index (κ3) is 2.84. The lowest BCUT2D eigenvalue weighted by atomic mass is 9.92. The maximum atomic E-state index is 12.6. The van der Waals surface area contributed by atoms with Crippen molar-refractivity contribution in [3.8, 4) is 0 Å².